The molecule has 0 aromatic heterocycles. The van der Waals surface area contributed by atoms with E-state index in [1.807, 2.05) is 0 Å². The minimum atomic E-state index is -4.82. The first-order valence-electron chi connectivity index (χ1n) is 7.91. The fraction of sp³-hybridized carbons (Fsp3) is 0.500. The highest BCUT2D eigenvalue weighted by atomic mass is 19.4. The lowest BCUT2D eigenvalue weighted by atomic mass is 10.1. The first-order chi connectivity index (χ1) is 11.8. The molecule has 134 valence electrons. The number of carbonyl (C=O) groups is 2. The maximum absolute atomic E-state index is 12.8. The molecule has 0 unspecified atom stereocenters. The average Bonchev–Trinajstić information content (AvgIpc) is 3.17. The minimum absolute atomic E-state index is 0.0610. The molecule has 0 bridgehead atoms. The Balaban J connectivity index is 1.58. The minimum Gasteiger partial charge on any atom is -0.406 e. The van der Waals surface area contributed by atoms with Gasteiger partial charge in [0.15, 0.2) is 5.72 Å². The summed E-state index contributed by atoms with van der Waals surface area (Å²) in [7, 11) is 0. The van der Waals surface area contributed by atoms with Crippen LogP contribution in [-0.2, 0) is 9.53 Å². The van der Waals surface area contributed by atoms with Crippen molar-refractivity contribution in [2.24, 2.45) is 0 Å². The van der Waals surface area contributed by atoms with Gasteiger partial charge in [-0.05, 0) is 18.2 Å². The first-order valence-corrected chi connectivity index (χ1v) is 7.91. The van der Waals surface area contributed by atoms with Gasteiger partial charge in [0.2, 0.25) is 5.91 Å². The van der Waals surface area contributed by atoms with Crippen LogP contribution in [0.3, 0.4) is 0 Å². The van der Waals surface area contributed by atoms with E-state index in [1.165, 1.54) is 17.0 Å². The van der Waals surface area contributed by atoms with E-state index < -0.39 is 29.8 Å². The van der Waals surface area contributed by atoms with E-state index in [-0.39, 0.29) is 17.9 Å². The van der Waals surface area contributed by atoms with E-state index in [0.29, 0.717) is 26.1 Å². The van der Waals surface area contributed by atoms with Crippen molar-refractivity contribution >= 4 is 11.8 Å². The second-order valence-corrected chi connectivity index (χ2v) is 6.28. The van der Waals surface area contributed by atoms with Crippen LogP contribution in [0.5, 0.6) is 5.75 Å². The molecule has 3 fully saturated rings. The van der Waals surface area contributed by atoms with Crippen LogP contribution in [-0.4, -0.2) is 59.4 Å². The lowest BCUT2D eigenvalue weighted by Gasteiger charge is -2.31. The highest BCUT2D eigenvalue weighted by Gasteiger charge is 2.62. The highest BCUT2D eigenvalue weighted by Crippen LogP contribution is 2.46. The van der Waals surface area contributed by atoms with Gasteiger partial charge < -0.3 is 19.3 Å². The van der Waals surface area contributed by atoms with Gasteiger partial charge in [-0.2, -0.15) is 0 Å². The first kappa shape index (κ1) is 16.2. The summed E-state index contributed by atoms with van der Waals surface area (Å²) < 4.78 is 46.8. The summed E-state index contributed by atoms with van der Waals surface area (Å²) in [5, 5.41) is 0. The fourth-order valence-electron chi connectivity index (χ4n) is 4.03. The summed E-state index contributed by atoms with van der Waals surface area (Å²) >= 11 is 0. The van der Waals surface area contributed by atoms with Gasteiger partial charge in [-0.25, -0.2) is 0 Å². The number of rotatable bonds is 2. The number of ether oxygens (including phenoxy) is 2. The van der Waals surface area contributed by atoms with Crippen LogP contribution in [0.25, 0.3) is 0 Å². The lowest BCUT2D eigenvalue weighted by molar-refractivity contribution is -0.274. The van der Waals surface area contributed by atoms with Crippen LogP contribution in [0.4, 0.5) is 13.2 Å². The maximum Gasteiger partial charge on any atom is 0.573 e. The highest BCUT2D eigenvalue weighted by molar-refractivity contribution is 5.96. The molecule has 0 N–H and O–H groups in total. The Morgan fingerprint density at radius 2 is 2.12 bits per heavy atom. The van der Waals surface area contributed by atoms with Crippen LogP contribution in [0.2, 0.25) is 0 Å². The monoisotopic (exact) mass is 356 g/mol. The van der Waals surface area contributed by atoms with Gasteiger partial charge in [-0.3, -0.25) is 9.59 Å². The number of carbonyl (C=O) groups excluding carboxylic acids is 2. The molecule has 2 amide bonds. The smallest absolute Gasteiger partial charge is 0.406 e. The molecule has 1 aromatic carbocycles. The van der Waals surface area contributed by atoms with E-state index in [1.54, 1.807) is 4.90 Å². The van der Waals surface area contributed by atoms with Crippen molar-refractivity contribution in [2.45, 2.75) is 31.0 Å². The van der Waals surface area contributed by atoms with E-state index in [2.05, 4.69) is 4.74 Å². The number of hydrogen-bond acceptors (Lipinski definition) is 4. The molecule has 0 aliphatic carbocycles. The Hall–Kier alpha value is -2.29. The molecule has 4 rings (SSSR count). The molecule has 1 spiro atoms. The Kier molecular flexibility index (Phi) is 3.47. The van der Waals surface area contributed by atoms with Crippen molar-refractivity contribution in [3.63, 3.8) is 0 Å². The van der Waals surface area contributed by atoms with Gasteiger partial charge in [0.05, 0.1) is 19.1 Å². The fourth-order valence-corrected chi connectivity index (χ4v) is 4.03. The Morgan fingerprint density at radius 1 is 1.32 bits per heavy atom. The summed E-state index contributed by atoms with van der Waals surface area (Å²) in [6.45, 7) is 1.32. The summed E-state index contributed by atoms with van der Waals surface area (Å²) in [5.41, 5.74) is -0.685. The number of halogens is 3. The molecule has 3 aliphatic heterocycles. The molecule has 3 aliphatic rings. The van der Waals surface area contributed by atoms with Gasteiger partial charge in [0, 0.05) is 25.1 Å². The summed E-state index contributed by atoms with van der Waals surface area (Å²) in [6, 6.07) is 4.54. The van der Waals surface area contributed by atoms with E-state index in [9.17, 15) is 22.8 Å². The van der Waals surface area contributed by atoms with Gasteiger partial charge in [0.25, 0.3) is 5.91 Å². The van der Waals surface area contributed by atoms with Crippen LogP contribution < -0.4 is 4.74 Å². The zero-order valence-electron chi connectivity index (χ0n) is 13.1. The maximum atomic E-state index is 12.8. The number of hydrogen-bond donors (Lipinski definition) is 0. The van der Waals surface area contributed by atoms with E-state index >= 15 is 0 Å². The van der Waals surface area contributed by atoms with Crippen molar-refractivity contribution in [3.05, 3.63) is 29.8 Å². The zero-order valence-corrected chi connectivity index (χ0v) is 13.1. The van der Waals surface area contributed by atoms with Gasteiger partial charge in [-0.15, -0.1) is 13.2 Å². The molecule has 2 atom stereocenters. The SMILES string of the molecule is O=C(c1cccc(OC(F)(F)F)c1)N1CC[C@@]23OCCN2C(=O)C[C@@H]13. The van der Waals surface area contributed by atoms with Gasteiger partial charge in [0.1, 0.15) is 5.75 Å². The normalized spacial score (nSPS) is 28.3. The molecular formula is C16H15F3N2O4. The van der Waals surface area contributed by atoms with Crippen LogP contribution >= 0.6 is 0 Å². The van der Waals surface area contributed by atoms with Crippen molar-refractivity contribution in [3.8, 4) is 5.75 Å². The molecule has 1 aromatic rings. The molecule has 0 saturated carbocycles. The average molecular weight is 356 g/mol. The topological polar surface area (TPSA) is 59.1 Å². The van der Waals surface area contributed by atoms with Crippen molar-refractivity contribution in [2.75, 3.05) is 19.7 Å². The van der Waals surface area contributed by atoms with Gasteiger partial charge in [-0.1, -0.05) is 6.07 Å². The van der Waals surface area contributed by atoms with E-state index in [4.69, 9.17) is 4.74 Å². The third-order valence-electron chi connectivity index (χ3n) is 4.98. The van der Waals surface area contributed by atoms with E-state index in [0.717, 1.165) is 12.1 Å². The molecule has 6 nitrogen and oxygen atoms in total. The predicted octanol–water partition coefficient (Wildman–Crippen LogP) is 1.76. The van der Waals surface area contributed by atoms with Crippen molar-refractivity contribution < 1.29 is 32.2 Å². The number of alkyl halides is 3. The second kappa shape index (κ2) is 5.35. The Bertz CT molecular complexity index is 738. The number of benzene rings is 1. The number of nitrogens with zero attached hydrogens (tertiary/aromatic N) is 2. The molecular weight excluding hydrogens is 341 g/mol. The predicted molar refractivity (Wildman–Crippen MR) is 77.6 cm³/mol. The Morgan fingerprint density at radius 3 is 2.88 bits per heavy atom. The molecule has 0 radical (unpaired) electrons. The van der Waals surface area contributed by atoms with Gasteiger partial charge >= 0.3 is 6.36 Å². The van der Waals surface area contributed by atoms with Crippen molar-refractivity contribution in [1.29, 1.82) is 0 Å². The van der Waals surface area contributed by atoms with Crippen molar-refractivity contribution in [1.82, 2.24) is 9.80 Å². The van der Waals surface area contributed by atoms with Crippen LogP contribution in [0, 0.1) is 0 Å². The summed E-state index contributed by atoms with van der Waals surface area (Å²) in [6.07, 6.45) is -4.15. The summed E-state index contributed by atoms with van der Waals surface area (Å²) in [5.74, 6) is -0.942. The summed E-state index contributed by atoms with van der Waals surface area (Å²) in [4.78, 5) is 28.1. The Labute approximate surface area is 141 Å². The van der Waals surface area contributed by atoms with Crippen LogP contribution in [0.1, 0.15) is 23.2 Å². The molecule has 9 heteroatoms. The third-order valence-corrected chi connectivity index (χ3v) is 4.98. The second-order valence-electron chi connectivity index (χ2n) is 6.28. The lowest BCUT2D eigenvalue weighted by Crippen LogP contribution is -2.48. The molecule has 3 heterocycles. The number of likely N-dealkylation sites (tertiary alicyclic amines) is 1. The standard InChI is InChI=1S/C16H15F3N2O4/c17-16(18,19)25-11-3-1-2-10(8-11)14(23)20-5-4-15-12(20)9-13(22)21(15)6-7-24-15/h1-3,8,12H,4-7,9H2/t12-,15+/m1/s1. The third kappa shape index (κ3) is 2.53. The molecule has 25 heavy (non-hydrogen) atoms. The zero-order chi connectivity index (χ0) is 17.8. The quantitative estimate of drug-likeness (QED) is 0.810. The number of amides is 2. The largest absolute Gasteiger partial charge is 0.573 e. The molecule has 3 saturated heterocycles. The van der Waals surface area contributed by atoms with Crippen LogP contribution in [0.15, 0.2) is 24.3 Å².